The van der Waals surface area contributed by atoms with E-state index in [1.54, 1.807) is 0 Å². The number of hydrogen-bond acceptors (Lipinski definition) is 4. The Labute approximate surface area is 125 Å². The maximum Gasteiger partial charge on any atom is 0.283 e. The van der Waals surface area contributed by atoms with Crippen LogP contribution in [-0.4, -0.2) is 11.2 Å². The molecule has 98 valence electrons. The molecule has 2 rings (SSSR count). The molecule has 0 amide bonds. The number of aldehydes is 1. The van der Waals surface area contributed by atoms with Crippen molar-refractivity contribution in [1.82, 2.24) is 0 Å². The highest BCUT2D eigenvalue weighted by molar-refractivity contribution is 9.10. The molecular weight excluding hydrogens is 361 g/mol. The molecule has 0 aliphatic carbocycles. The third kappa shape index (κ3) is 2.51. The summed E-state index contributed by atoms with van der Waals surface area (Å²) in [6.07, 6.45) is 0.501. The molecule has 0 fully saturated rings. The summed E-state index contributed by atoms with van der Waals surface area (Å²) < 4.78 is 5.42. The van der Waals surface area contributed by atoms with Crippen LogP contribution in [0.4, 0.5) is 5.69 Å². The Hall–Kier alpha value is -1.37. The van der Waals surface area contributed by atoms with Crippen LogP contribution in [0.15, 0.2) is 27.1 Å². The van der Waals surface area contributed by atoms with Gasteiger partial charge in [-0.1, -0.05) is 23.2 Å². The van der Waals surface area contributed by atoms with Crippen LogP contribution in [0, 0.1) is 10.1 Å². The molecule has 0 saturated carbocycles. The fourth-order valence-corrected chi connectivity index (χ4v) is 2.58. The number of halogens is 3. The van der Waals surface area contributed by atoms with Crippen molar-refractivity contribution in [3.63, 3.8) is 0 Å². The van der Waals surface area contributed by atoms with Gasteiger partial charge in [0.25, 0.3) is 5.69 Å². The third-order valence-electron chi connectivity index (χ3n) is 2.33. The van der Waals surface area contributed by atoms with Crippen LogP contribution < -0.4 is 0 Å². The van der Waals surface area contributed by atoms with Crippen molar-refractivity contribution in [1.29, 1.82) is 0 Å². The first-order chi connectivity index (χ1) is 8.95. The molecule has 0 aliphatic heterocycles. The van der Waals surface area contributed by atoms with E-state index in [0.717, 1.165) is 6.07 Å². The quantitative estimate of drug-likeness (QED) is 0.341. The van der Waals surface area contributed by atoms with E-state index >= 15 is 0 Å². The van der Waals surface area contributed by atoms with Gasteiger partial charge in [0.1, 0.15) is 11.3 Å². The summed E-state index contributed by atoms with van der Waals surface area (Å²) in [4.78, 5) is 21.0. The highest BCUT2D eigenvalue weighted by atomic mass is 79.9. The summed E-state index contributed by atoms with van der Waals surface area (Å²) in [5.74, 6) is 0.210. The van der Waals surface area contributed by atoms with Crippen molar-refractivity contribution in [3.05, 3.63) is 48.6 Å². The van der Waals surface area contributed by atoms with E-state index in [-0.39, 0.29) is 37.3 Å². The minimum Gasteiger partial charge on any atom is -0.453 e. The van der Waals surface area contributed by atoms with E-state index in [9.17, 15) is 14.9 Å². The Kier molecular flexibility index (Phi) is 3.93. The second-order valence-electron chi connectivity index (χ2n) is 3.46. The average Bonchev–Trinajstić information content (AvgIpc) is 2.83. The van der Waals surface area contributed by atoms with Crippen molar-refractivity contribution in [3.8, 4) is 11.3 Å². The number of hydrogen-bond donors (Lipinski definition) is 0. The van der Waals surface area contributed by atoms with Gasteiger partial charge in [-0.05, 0) is 28.1 Å². The van der Waals surface area contributed by atoms with Crippen LogP contribution >= 0.6 is 39.1 Å². The predicted molar refractivity (Wildman–Crippen MR) is 73.9 cm³/mol. The highest BCUT2D eigenvalue weighted by Gasteiger charge is 2.25. The molecular formula is C11H4BrCl2NO4. The van der Waals surface area contributed by atoms with E-state index in [1.165, 1.54) is 12.1 Å². The largest absolute Gasteiger partial charge is 0.453 e. The first kappa shape index (κ1) is 14.0. The number of nitrogens with zero attached hydrogens (tertiary/aromatic N) is 1. The smallest absolute Gasteiger partial charge is 0.283 e. The van der Waals surface area contributed by atoms with Crippen LogP contribution in [0.3, 0.4) is 0 Å². The molecule has 19 heavy (non-hydrogen) atoms. The number of furan rings is 1. The SMILES string of the molecule is O=Cc1ccc(-c2c([N+](=O)[O-])cc(Cl)c(Cl)c2Br)o1. The Morgan fingerprint density at radius 2 is 2.05 bits per heavy atom. The van der Waals surface area contributed by atoms with E-state index in [4.69, 9.17) is 27.6 Å². The topological polar surface area (TPSA) is 73.3 Å². The second kappa shape index (κ2) is 5.32. The lowest BCUT2D eigenvalue weighted by Crippen LogP contribution is -1.93. The van der Waals surface area contributed by atoms with Gasteiger partial charge < -0.3 is 4.42 Å². The lowest BCUT2D eigenvalue weighted by molar-refractivity contribution is -0.384. The van der Waals surface area contributed by atoms with Crippen molar-refractivity contribution >= 4 is 51.1 Å². The van der Waals surface area contributed by atoms with Crippen molar-refractivity contribution in [2.45, 2.75) is 0 Å². The second-order valence-corrected chi connectivity index (χ2v) is 5.04. The fraction of sp³-hybridized carbons (Fsp3) is 0. The monoisotopic (exact) mass is 363 g/mol. The van der Waals surface area contributed by atoms with Gasteiger partial charge in [0.05, 0.1) is 19.4 Å². The van der Waals surface area contributed by atoms with E-state index < -0.39 is 4.92 Å². The van der Waals surface area contributed by atoms with Gasteiger partial charge >= 0.3 is 0 Å². The molecule has 0 atom stereocenters. The Balaban J connectivity index is 2.76. The molecule has 1 heterocycles. The van der Waals surface area contributed by atoms with Crippen LogP contribution in [0.25, 0.3) is 11.3 Å². The van der Waals surface area contributed by atoms with E-state index in [2.05, 4.69) is 15.9 Å². The first-order valence-corrected chi connectivity index (χ1v) is 6.38. The van der Waals surface area contributed by atoms with Crippen LogP contribution in [-0.2, 0) is 0 Å². The molecule has 1 aromatic heterocycles. The van der Waals surface area contributed by atoms with Crippen LogP contribution in [0.5, 0.6) is 0 Å². The number of nitro benzene ring substituents is 1. The summed E-state index contributed by atoms with van der Waals surface area (Å²) in [5, 5.41) is 11.2. The zero-order valence-electron chi connectivity index (χ0n) is 9.02. The minimum absolute atomic E-state index is 0.0474. The van der Waals surface area contributed by atoms with Gasteiger partial charge in [-0.15, -0.1) is 0 Å². The molecule has 0 aliphatic rings. The Morgan fingerprint density at radius 1 is 1.37 bits per heavy atom. The Bertz CT molecular complexity index is 684. The number of carbonyl (C=O) groups excluding carboxylic acids is 1. The number of nitro groups is 1. The summed E-state index contributed by atoms with van der Waals surface area (Å²) in [6.45, 7) is 0. The Morgan fingerprint density at radius 3 is 2.58 bits per heavy atom. The summed E-state index contributed by atoms with van der Waals surface area (Å²) in [5.41, 5.74) is -0.138. The zero-order chi connectivity index (χ0) is 14.2. The standard InChI is InChI=1S/C11H4BrCl2NO4/c12-10-9(8-2-1-5(4-16)19-8)7(15(17)18)3-6(13)11(10)14/h1-4H. The van der Waals surface area contributed by atoms with E-state index in [1.807, 2.05) is 0 Å². The van der Waals surface area contributed by atoms with Gasteiger partial charge in [0.2, 0.25) is 0 Å². The van der Waals surface area contributed by atoms with Gasteiger partial charge in [0, 0.05) is 6.07 Å². The normalized spacial score (nSPS) is 10.5. The highest BCUT2D eigenvalue weighted by Crippen LogP contribution is 2.44. The molecule has 8 heteroatoms. The number of carbonyl (C=O) groups is 1. The molecule has 0 saturated heterocycles. The summed E-state index contributed by atoms with van der Waals surface area (Å²) in [7, 11) is 0. The zero-order valence-corrected chi connectivity index (χ0v) is 12.1. The van der Waals surface area contributed by atoms with Crippen molar-refractivity contribution in [2.24, 2.45) is 0 Å². The third-order valence-corrected chi connectivity index (χ3v) is 4.14. The van der Waals surface area contributed by atoms with Gasteiger partial charge in [-0.25, -0.2) is 0 Å². The van der Waals surface area contributed by atoms with Crippen LogP contribution in [0.2, 0.25) is 10.0 Å². The summed E-state index contributed by atoms with van der Waals surface area (Å²) >= 11 is 14.9. The molecule has 0 N–H and O–H groups in total. The predicted octanol–water partition coefficient (Wildman–Crippen LogP) is 4.74. The van der Waals surface area contributed by atoms with Crippen LogP contribution in [0.1, 0.15) is 10.6 Å². The van der Waals surface area contributed by atoms with Gasteiger partial charge in [-0.2, -0.15) is 0 Å². The molecule has 5 nitrogen and oxygen atoms in total. The molecule has 0 unspecified atom stereocenters. The molecule has 2 aromatic rings. The summed E-state index contributed by atoms with van der Waals surface area (Å²) in [6, 6.07) is 3.98. The lowest BCUT2D eigenvalue weighted by atomic mass is 10.1. The van der Waals surface area contributed by atoms with Crippen molar-refractivity contribution < 1.29 is 14.1 Å². The number of benzene rings is 1. The fourth-order valence-electron chi connectivity index (χ4n) is 1.51. The average molecular weight is 365 g/mol. The maximum absolute atomic E-state index is 11.1. The van der Waals surface area contributed by atoms with E-state index in [0.29, 0.717) is 6.29 Å². The molecule has 0 bridgehead atoms. The minimum atomic E-state index is -0.606. The lowest BCUT2D eigenvalue weighted by Gasteiger charge is -2.06. The number of rotatable bonds is 3. The molecule has 0 spiro atoms. The molecule has 1 aromatic carbocycles. The molecule has 0 radical (unpaired) electrons. The van der Waals surface area contributed by atoms with Gasteiger partial charge in [0.15, 0.2) is 12.0 Å². The maximum atomic E-state index is 11.1. The van der Waals surface area contributed by atoms with Crippen molar-refractivity contribution in [2.75, 3.05) is 0 Å². The first-order valence-electron chi connectivity index (χ1n) is 4.83. The van der Waals surface area contributed by atoms with Gasteiger partial charge in [-0.3, -0.25) is 14.9 Å².